The van der Waals surface area contributed by atoms with Crippen molar-refractivity contribution in [2.45, 2.75) is 60.2 Å². The van der Waals surface area contributed by atoms with Crippen molar-refractivity contribution in [2.24, 2.45) is 22.7 Å². The number of rotatable bonds is 10. The van der Waals surface area contributed by atoms with Gasteiger partial charge in [0.1, 0.15) is 23.9 Å². The lowest BCUT2D eigenvalue weighted by atomic mass is 9.65. The van der Waals surface area contributed by atoms with Crippen LogP contribution in [0.4, 0.5) is 0 Å². The molecule has 0 radical (unpaired) electrons. The maximum Gasteiger partial charge on any atom is 0.326 e. The number of ether oxygens (including phenoxy) is 3. The smallest absolute Gasteiger partial charge is 0.326 e. The summed E-state index contributed by atoms with van der Waals surface area (Å²) in [5, 5.41) is 11.7. The second-order valence-corrected chi connectivity index (χ2v) is 14.5. The number of hydrogen-bond acceptors (Lipinski definition) is 6. The van der Waals surface area contributed by atoms with Gasteiger partial charge in [-0.3, -0.25) is 9.59 Å². The lowest BCUT2D eigenvalue weighted by molar-refractivity contribution is -0.152. The average Bonchev–Trinajstić information content (AvgIpc) is 3.07. The molecule has 0 heterocycles. The van der Waals surface area contributed by atoms with Crippen LogP contribution in [0.25, 0.3) is 0 Å². The van der Waals surface area contributed by atoms with Crippen molar-refractivity contribution in [3.63, 3.8) is 0 Å². The van der Waals surface area contributed by atoms with Gasteiger partial charge in [-0.25, -0.2) is 0 Å². The molecular weight excluding hydrogens is 612 g/mol. The Morgan fingerprint density at radius 2 is 1.08 bits per heavy atom. The van der Waals surface area contributed by atoms with Crippen LogP contribution < -0.4 is 14.2 Å². The van der Waals surface area contributed by atoms with Crippen LogP contribution in [-0.2, 0) is 16.2 Å². The van der Waals surface area contributed by atoms with Crippen LogP contribution in [0.1, 0.15) is 58.6 Å². The van der Waals surface area contributed by atoms with Crippen LogP contribution in [0.2, 0.25) is 0 Å². The Morgan fingerprint density at radius 3 is 1.55 bits per heavy atom. The van der Waals surface area contributed by atoms with Gasteiger partial charge in [-0.05, 0) is 69.5 Å². The fourth-order valence-electron chi connectivity index (χ4n) is 6.26. The average molecular weight is 659 g/mol. The Kier molecular flexibility index (Phi) is 10.9. The highest BCUT2D eigenvalue weighted by molar-refractivity contribution is 5.98. The summed E-state index contributed by atoms with van der Waals surface area (Å²) in [7, 11) is 0. The second-order valence-electron chi connectivity index (χ2n) is 14.5. The number of carbonyl (C=O) groups excluding carboxylic acids is 2. The minimum atomic E-state index is -1.39. The van der Waals surface area contributed by atoms with Crippen LogP contribution >= 0.6 is 0 Å². The lowest BCUT2D eigenvalue weighted by Gasteiger charge is -2.41. The van der Waals surface area contributed by atoms with Gasteiger partial charge < -0.3 is 19.3 Å². The molecule has 0 aromatic heterocycles. The molecule has 0 saturated heterocycles. The van der Waals surface area contributed by atoms with Gasteiger partial charge >= 0.3 is 11.9 Å². The van der Waals surface area contributed by atoms with Crippen molar-refractivity contribution in [3.05, 3.63) is 150 Å². The predicted molar refractivity (Wildman–Crippen MR) is 192 cm³/mol. The molecule has 1 aliphatic carbocycles. The third kappa shape index (κ3) is 8.95. The van der Waals surface area contributed by atoms with Crippen molar-refractivity contribution < 1.29 is 28.9 Å². The molecule has 0 spiro atoms. The summed E-state index contributed by atoms with van der Waals surface area (Å²) in [5.74, 6) is -2.92. The third-order valence-electron chi connectivity index (χ3n) is 8.76. The predicted octanol–water partition coefficient (Wildman–Crippen LogP) is 9.11. The highest BCUT2D eigenvalue weighted by Gasteiger charge is 2.45. The number of esters is 2. The first-order valence-corrected chi connectivity index (χ1v) is 16.7. The SMILES string of the molecule is CC(C)(C)C1=CC([C@@H](c2cccc(OCc3ccccc3)c2)C(C(=O)Oc2ccccc2)C(=O)Oc2ccccc2)C=C(C(C)(C)C)C1O. The van der Waals surface area contributed by atoms with E-state index in [1.807, 2.05) is 78.9 Å². The zero-order chi connectivity index (χ0) is 35.2. The van der Waals surface area contributed by atoms with Gasteiger partial charge in [-0.1, -0.05) is 133 Å². The van der Waals surface area contributed by atoms with Crippen molar-refractivity contribution in [1.82, 2.24) is 0 Å². The molecule has 4 aromatic carbocycles. The number of para-hydroxylation sites is 2. The summed E-state index contributed by atoms with van der Waals surface area (Å²) >= 11 is 0. The highest BCUT2D eigenvalue weighted by Crippen LogP contribution is 2.47. The van der Waals surface area contributed by atoms with E-state index in [9.17, 15) is 14.7 Å². The first-order chi connectivity index (χ1) is 23.3. The molecule has 254 valence electrons. The Bertz CT molecular complexity index is 1690. The zero-order valence-electron chi connectivity index (χ0n) is 29.1. The normalized spacial score (nSPS) is 17.1. The van der Waals surface area contributed by atoms with E-state index < -0.39 is 46.6 Å². The molecular formula is C43H46O6. The molecule has 6 heteroatoms. The highest BCUT2D eigenvalue weighted by atomic mass is 16.6. The molecule has 49 heavy (non-hydrogen) atoms. The molecule has 6 nitrogen and oxygen atoms in total. The standard InChI is InChI=1S/C43H46O6/c1-42(2,3)35-26-31(27-36(39(35)44)43(4,5)6)37(30-19-16-24-34(25-30)47-28-29-17-10-7-11-18-29)38(40(45)48-32-20-12-8-13-21-32)41(46)49-33-22-14-9-15-23-33/h7-27,31,37-39,44H,28H2,1-6H3/t31?,37-,39?/m1/s1. The van der Waals surface area contributed by atoms with Crippen molar-refractivity contribution in [3.8, 4) is 17.2 Å². The first-order valence-electron chi connectivity index (χ1n) is 16.7. The summed E-state index contributed by atoms with van der Waals surface area (Å²) in [6.45, 7) is 12.7. The van der Waals surface area contributed by atoms with Crippen LogP contribution in [0.3, 0.4) is 0 Å². The van der Waals surface area contributed by atoms with Gasteiger partial charge in [0.15, 0.2) is 5.92 Å². The summed E-state index contributed by atoms with van der Waals surface area (Å²) in [6.07, 6.45) is 3.21. The van der Waals surface area contributed by atoms with Gasteiger partial charge in [-0.2, -0.15) is 0 Å². The fraction of sp³-hybridized carbons (Fsp3) is 0.302. The third-order valence-corrected chi connectivity index (χ3v) is 8.76. The molecule has 0 aliphatic heterocycles. The summed E-state index contributed by atoms with van der Waals surface area (Å²) < 4.78 is 18.1. The molecule has 0 bridgehead atoms. The second kappa shape index (κ2) is 15.1. The van der Waals surface area contributed by atoms with Gasteiger partial charge in [-0.15, -0.1) is 0 Å². The van der Waals surface area contributed by atoms with E-state index in [2.05, 4.69) is 41.5 Å². The van der Waals surface area contributed by atoms with Crippen molar-refractivity contribution in [1.29, 1.82) is 0 Å². The lowest BCUT2D eigenvalue weighted by Crippen LogP contribution is -2.41. The quantitative estimate of drug-likeness (QED) is 0.0792. The van der Waals surface area contributed by atoms with Crippen molar-refractivity contribution >= 4 is 11.9 Å². The molecule has 0 fully saturated rings. The molecule has 4 aromatic rings. The first kappa shape index (κ1) is 35.4. The molecule has 0 unspecified atom stereocenters. The maximum atomic E-state index is 14.4. The Hall–Kier alpha value is -4.94. The number of hydrogen-bond donors (Lipinski definition) is 1. The van der Waals surface area contributed by atoms with E-state index in [0.29, 0.717) is 29.4 Å². The van der Waals surface area contributed by atoms with Gasteiger partial charge in [0.2, 0.25) is 0 Å². The molecule has 0 amide bonds. The molecule has 0 saturated carbocycles. The van der Waals surface area contributed by atoms with E-state index in [-0.39, 0.29) is 0 Å². The van der Waals surface area contributed by atoms with Gasteiger partial charge in [0, 0.05) is 11.8 Å². The fourth-order valence-corrected chi connectivity index (χ4v) is 6.26. The van der Waals surface area contributed by atoms with E-state index in [0.717, 1.165) is 16.7 Å². The number of carbonyl (C=O) groups is 2. The maximum absolute atomic E-state index is 14.4. The number of aliphatic hydroxyl groups excluding tert-OH is 1. The Balaban J connectivity index is 1.67. The largest absolute Gasteiger partial charge is 0.489 e. The molecule has 1 aliphatic rings. The molecule has 1 N–H and O–H groups in total. The molecule has 5 rings (SSSR count). The molecule has 1 atom stereocenters. The van der Waals surface area contributed by atoms with E-state index >= 15 is 0 Å². The minimum Gasteiger partial charge on any atom is -0.489 e. The van der Waals surface area contributed by atoms with Crippen LogP contribution in [0, 0.1) is 22.7 Å². The zero-order valence-corrected chi connectivity index (χ0v) is 29.1. The monoisotopic (exact) mass is 658 g/mol. The summed E-state index contributed by atoms with van der Waals surface area (Å²) in [5.41, 5.74) is 2.53. The van der Waals surface area contributed by atoms with E-state index in [4.69, 9.17) is 14.2 Å². The summed E-state index contributed by atoms with van der Waals surface area (Å²) in [6, 6.07) is 34.8. The number of allylic oxidation sites excluding steroid dienone is 2. The van der Waals surface area contributed by atoms with Gasteiger partial charge in [0.25, 0.3) is 0 Å². The Labute approximate surface area is 290 Å². The van der Waals surface area contributed by atoms with E-state index in [1.54, 1.807) is 48.5 Å². The van der Waals surface area contributed by atoms with Crippen LogP contribution in [0.15, 0.2) is 139 Å². The van der Waals surface area contributed by atoms with Crippen molar-refractivity contribution in [2.75, 3.05) is 0 Å². The number of benzene rings is 4. The van der Waals surface area contributed by atoms with Gasteiger partial charge in [0.05, 0.1) is 6.10 Å². The Morgan fingerprint density at radius 1 is 0.633 bits per heavy atom. The summed E-state index contributed by atoms with van der Waals surface area (Å²) in [4.78, 5) is 28.7. The van der Waals surface area contributed by atoms with Crippen LogP contribution in [0.5, 0.6) is 17.2 Å². The topological polar surface area (TPSA) is 82.1 Å². The van der Waals surface area contributed by atoms with E-state index in [1.165, 1.54) is 0 Å². The number of aliphatic hydroxyl groups is 1. The van der Waals surface area contributed by atoms with Crippen LogP contribution in [-0.4, -0.2) is 23.1 Å². The minimum absolute atomic E-state index is 0.319.